The van der Waals surface area contributed by atoms with Crippen LogP contribution in [0.2, 0.25) is 10.0 Å². The van der Waals surface area contributed by atoms with Gasteiger partial charge in [0.15, 0.2) is 0 Å². The van der Waals surface area contributed by atoms with E-state index in [1.807, 2.05) is 39.0 Å². The molecule has 8 nitrogen and oxygen atoms in total. The Labute approximate surface area is 220 Å². The summed E-state index contributed by atoms with van der Waals surface area (Å²) in [5.41, 5.74) is 1.64. The average molecular weight is 533 g/mol. The smallest absolute Gasteiger partial charge is 0.410 e. The van der Waals surface area contributed by atoms with Gasteiger partial charge >= 0.3 is 6.09 Å². The number of carbonyl (C=O) groups excluding carboxylic acids is 1. The maximum Gasteiger partial charge on any atom is 0.410 e. The second-order valence-corrected chi connectivity index (χ2v) is 10.4. The lowest BCUT2D eigenvalue weighted by Crippen LogP contribution is -2.47. The minimum Gasteiger partial charge on any atom is -0.495 e. The van der Waals surface area contributed by atoms with Crippen molar-refractivity contribution in [3.8, 4) is 22.6 Å². The van der Waals surface area contributed by atoms with Gasteiger partial charge in [0.25, 0.3) is 0 Å². The molecule has 10 heteroatoms. The van der Waals surface area contributed by atoms with Crippen molar-refractivity contribution in [2.45, 2.75) is 45.3 Å². The predicted molar refractivity (Wildman–Crippen MR) is 143 cm³/mol. The number of aromatic nitrogens is 2. The molecule has 36 heavy (non-hydrogen) atoms. The lowest BCUT2D eigenvalue weighted by atomic mass is 10.0. The minimum absolute atomic E-state index is 0.0323. The number of ether oxygens (including phenoxy) is 3. The summed E-state index contributed by atoms with van der Waals surface area (Å²) < 4.78 is 16.3. The molecule has 1 saturated heterocycles. The molecule has 192 valence electrons. The van der Waals surface area contributed by atoms with Crippen molar-refractivity contribution in [3.05, 3.63) is 40.5 Å². The zero-order valence-electron chi connectivity index (χ0n) is 21.0. The van der Waals surface area contributed by atoms with E-state index < -0.39 is 5.60 Å². The normalized spacial score (nSPS) is 16.1. The molecule has 0 bridgehead atoms. The lowest BCUT2D eigenvalue weighted by Gasteiger charge is -2.34. The highest BCUT2D eigenvalue weighted by Gasteiger charge is 2.28. The Morgan fingerprint density at radius 1 is 1.11 bits per heavy atom. The van der Waals surface area contributed by atoms with Gasteiger partial charge in [0.2, 0.25) is 5.95 Å². The van der Waals surface area contributed by atoms with E-state index in [-0.39, 0.29) is 12.1 Å². The Kier molecular flexibility index (Phi) is 7.66. The van der Waals surface area contributed by atoms with Gasteiger partial charge in [-0.05, 0) is 51.3 Å². The molecule has 1 aromatic heterocycles. The highest BCUT2D eigenvalue weighted by molar-refractivity contribution is 6.41. The maximum atomic E-state index is 12.5. The number of amides is 1. The van der Waals surface area contributed by atoms with Crippen molar-refractivity contribution >= 4 is 46.1 Å². The lowest BCUT2D eigenvalue weighted by molar-refractivity contribution is 0.0206. The molecule has 2 aromatic carbocycles. The van der Waals surface area contributed by atoms with Crippen molar-refractivity contribution in [2.75, 3.05) is 32.6 Å². The number of piperidine rings is 1. The molecule has 4 rings (SSSR count). The number of methoxy groups -OCH3 is 2. The van der Waals surface area contributed by atoms with Crippen LogP contribution in [0.3, 0.4) is 0 Å². The summed E-state index contributed by atoms with van der Waals surface area (Å²) in [5.74, 6) is 1.44. The Morgan fingerprint density at radius 2 is 1.81 bits per heavy atom. The van der Waals surface area contributed by atoms with E-state index in [9.17, 15) is 4.79 Å². The number of carbonyl (C=O) groups is 1. The third kappa shape index (κ3) is 5.71. The van der Waals surface area contributed by atoms with Gasteiger partial charge in [-0.1, -0.05) is 29.3 Å². The van der Waals surface area contributed by atoms with Crippen LogP contribution in [0, 0.1) is 0 Å². The molecule has 1 amide bonds. The van der Waals surface area contributed by atoms with Crippen LogP contribution in [0.4, 0.5) is 10.7 Å². The first-order valence-corrected chi connectivity index (χ1v) is 12.5. The van der Waals surface area contributed by atoms with Crippen molar-refractivity contribution < 1.29 is 19.0 Å². The molecule has 0 spiro atoms. The van der Waals surface area contributed by atoms with E-state index in [1.165, 1.54) is 0 Å². The fourth-order valence-electron chi connectivity index (χ4n) is 4.17. The third-order valence-electron chi connectivity index (χ3n) is 5.85. The Hall–Kier alpha value is -2.97. The minimum atomic E-state index is -0.526. The molecule has 1 aliphatic rings. The van der Waals surface area contributed by atoms with Crippen LogP contribution >= 0.6 is 23.2 Å². The number of benzene rings is 2. The van der Waals surface area contributed by atoms with Gasteiger partial charge < -0.3 is 24.4 Å². The van der Waals surface area contributed by atoms with E-state index in [0.29, 0.717) is 46.1 Å². The molecule has 1 atom stereocenters. The van der Waals surface area contributed by atoms with Crippen LogP contribution in [0.5, 0.6) is 11.5 Å². The summed E-state index contributed by atoms with van der Waals surface area (Å²) in [6, 6.07) is 7.41. The summed E-state index contributed by atoms with van der Waals surface area (Å²) in [4.78, 5) is 23.4. The fourth-order valence-corrected chi connectivity index (χ4v) is 4.89. The average Bonchev–Trinajstić information content (AvgIpc) is 2.83. The van der Waals surface area contributed by atoms with Gasteiger partial charge in [0, 0.05) is 42.3 Å². The summed E-state index contributed by atoms with van der Waals surface area (Å²) in [6.07, 6.45) is 3.24. The standard InChI is InChI=1S/C26H30Cl2N4O4/c1-26(2,3)36-25(33)32-10-6-7-17(14-32)30-24-29-13-16-11-15(8-9-18(16)31-24)21-22(27)19(34-4)12-20(35-5)23(21)28/h8-9,11-13,17H,6-7,10,14H2,1-5H3,(H,29,30,31). The van der Waals surface area contributed by atoms with E-state index in [0.717, 1.165) is 29.3 Å². The number of hydrogen-bond donors (Lipinski definition) is 1. The van der Waals surface area contributed by atoms with E-state index >= 15 is 0 Å². The van der Waals surface area contributed by atoms with Crippen LogP contribution in [0.25, 0.3) is 22.0 Å². The first kappa shape index (κ1) is 26.1. The van der Waals surface area contributed by atoms with Gasteiger partial charge in [-0.15, -0.1) is 0 Å². The zero-order chi connectivity index (χ0) is 26.0. The van der Waals surface area contributed by atoms with Gasteiger partial charge in [0.05, 0.1) is 29.8 Å². The Morgan fingerprint density at radius 3 is 2.44 bits per heavy atom. The van der Waals surface area contributed by atoms with Gasteiger partial charge in [-0.2, -0.15) is 0 Å². The largest absolute Gasteiger partial charge is 0.495 e. The Balaban J connectivity index is 1.55. The fraction of sp³-hybridized carbons (Fsp3) is 0.423. The second-order valence-electron chi connectivity index (χ2n) is 9.66. The highest BCUT2D eigenvalue weighted by Crippen LogP contribution is 2.46. The summed E-state index contributed by atoms with van der Waals surface area (Å²) in [6.45, 7) is 6.81. The van der Waals surface area contributed by atoms with Crippen molar-refractivity contribution in [1.29, 1.82) is 0 Å². The molecular formula is C26H30Cl2N4O4. The molecule has 0 radical (unpaired) electrons. The monoisotopic (exact) mass is 532 g/mol. The molecule has 1 N–H and O–H groups in total. The SMILES string of the molecule is COc1cc(OC)c(Cl)c(-c2ccc3nc(NC4CCCN(C(=O)OC(C)(C)C)C4)ncc3c2)c1Cl. The number of likely N-dealkylation sites (tertiary alicyclic amines) is 1. The molecule has 3 aromatic rings. The summed E-state index contributed by atoms with van der Waals surface area (Å²) in [7, 11) is 3.08. The molecule has 1 unspecified atom stereocenters. The Bertz CT molecular complexity index is 1250. The number of anilines is 1. The third-order valence-corrected chi connectivity index (χ3v) is 6.60. The van der Waals surface area contributed by atoms with Gasteiger partial charge in [0.1, 0.15) is 17.1 Å². The van der Waals surface area contributed by atoms with Gasteiger partial charge in [-0.3, -0.25) is 0 Å². The van der Waals surface area contributed by atoms with Crippen molar-refractivity contribution in [3.63, 3.8) is 0 Å². The quantitative estimate of drug-likeness (QED) is 0.404. The second kappa shape index (κ2) is 10.6. The summed E-state index contributed by atoms with van der Waals surface area (Å²) >= 11 is 13.2. The summed E-state index contributed by atoms with van der Waals surface area (Å²) in [5, 5.41) is 4.99. The first-order chi connectivity index (χ1) is 17.1. The van der Waals surface area contributed by atoms with Crippen LogP contribution in [0.1, 0.15) is 33.6 Å². The van der Waals surface area contributed by atoms with E-state index in [1.54, 1.807) is 31.4 Å². The van der Waals surface area contributed by atoms with E-state index in [2.05, 4.69) is 15.3 Å². The number of hydrogen-bond acceptors (Lipinski definition) is 7. The zero-order valence-corrected chi connectivity index (χ0v) is 22.5. The molecular weight excluding hydrogens is 503 g/mol. The predicted octanol–water partition coefficient (Wildman–Crippen LogP) is 6.43. The number of halogens is 2. The van der Waals surface area contributed by atoms with Gasteiger partial charge in [-0.25, -0.2) is 14.8 Å². The van der Waals surface area contributed by atoms with Crippen LogP contribution in [-0.2, 0) is 4.74 Å². The van der Waals surface area contributed by atoms with Crippen LogP contribution in [0.15, 0.2) is 30.5 Å². The molecule has 1 aliphatic heterocycles. The molecule has 0 saturated carbocycles. The van der Waals surface area contributed by atoms with Crippen molar-refractivity contribution in [1.82, 2.24) is 14.9 Å². The first-order valence-electron chi connectivity index (χ1n) is 11.7. The molecule has 1 fully saturated rings. The number of fused-ring (bicyclic) bond motifs is 1. The molecule has 2 heterocycles. The maximum absolute atomic E-state index is 12.5. The van der Waals surface area contributed by atoms with E-state index in [4.69, 9.17) is 37.4 Å². The highest BCUT2D eigenvalue weighted by atomic mass is 35.5. The van der Waals surface area contributed by atoms with Crippen molar-refractivity contribution in [2.24, 2.45) is 0 Å². The van der Waals surface area contributed by atoms with Crippen LogP contribution in [-0.4, -0.2) is 59.9 Å². The number of nitrogens with one attached hydrogen (secondary N) is 1. The van der Waals surface area contributed by atoms with Crippen LogP contribution < -0.4 is 14.8 Å². The number of rotatable bonds is 5. The molecule has 0 aliphatic carbocycles. The topological polar surface area (TPSA) is 85.8 Å². The number of nitrogens with zero attached hydrogens (tertiary/aromatic N) is 3.